The molecular formula is C24H26N2O6S. The maximum atomic E-state index is 12.6. The molecule has 3 N–H and O–H groups in total. The van der Waals surface area contributed by atoms with Crippen molar-refractivity contribution in [2.24, 2.45) is 11.8 Å². The topological polar surface area (TPSA) is 114 Å². The maximum Gasteiger partial charge on any atom is 0.307 e. The number of hydrogen-bond donors (Lipinski definition) is 3. The molecule has 9 heteroatoms. The van der Waals surface area contributed by atoms with Gasteiger partial charge in [0.05, 0.1) is 31.8 Å². The third-order valence-corrected chi connectivity index (χ3v) is 6.23. The first-order chi connectivity index (χ1) is 15.9. The Morgan fingerprint density at radius 2 is 1.52 bits per heavy atom. The lowest BCUT2D eigenvalue weighted by atomic mass is 9.82. The lowest BCUT2D eigenvalue weighted by Gasteiger charge is -2.24. The van der Waals surface area contributed by atoms with Gasteiger partial charge in [-0.15, -0.1) is 11.8 Å². The summed E-state index contributed by atoms with van der Waals surface area (Å²) in [4.78, 5) is 37.2. The zero-order valence-electron chi connectivity index (χ0n) is 18.4. The second kappa shape index (κ2) is 11.4. The van der Waals surface area contributed by atoms with Crippen molar-refractivity contribution >= 4 is 40.9 Å². The Balaban J connectivity index is 1.52. The van der Waals surface area contributed by atoms with E-state index >= 15 is 0 Å². The van der Waals surface area contributed by atoms with Gasteiger partial charge in [-0.3, -0.25) is 14.4 Å². The molecule has 0 saturated carbocycles. The van der Waals surface area contributed by atoms with E-state index in [9.17, 15) is 19.5 Å². The molecule has 0 saturated heterocycles. The highest BCUT2D eigenvalue weighted by atomic mass is 32.2. The summed E-state index contributed by atoms with van der Waals surface area (Å²) in [5.41, 5.74) is 1.16. The number of anilines is 2. The van der Waals surface area contributed by atoms with E-state index in [0.717, 1.165) is 4.90 Å². The predicted octanol–water partition coefficient (Wildman–Crippen LogP) is 4.04. The quantitative estimate of drug-likeness (QED) is 0.374. The first kappa shape index (κ1) is 24.2. The van der Waals surface area contributed by atoms with Crippen LogP contribution in [0.3, 0.4) is 0 Å². The van der Waals surface area contributed by atoms with Gasteiger partial charge in [-0.2, -0.15) is 0 Å². The van der Waals surface area contributed by atoms with Crippen LogP contribution in [0.15, 0.2) is 59.5 Å². The van der Waals surface area contributed by atoms with Gasteiger partial charge >= 0.3 is 5.97 Å². The average Bonchev–Trinajstić information content (AvgIpc) is 2.83. The van der Waals surface area contributed by atoms with Crippen LogP contribution in [0.5, 0.6) is 11.5 Å². The SMILES string of the molecule is COc1cc(NC(=O)CSc2ccc(NC(=O)[C@H]3CC=CC[C@H]3C(=O)O)cc2)cc(OC)c1. The Hall–Kier alpha value is -3.46. The largest absolute Gasteiger partial charge is 0.497 e. The predicted molar refractivity (Wildman–Crippen MR) is 127 cm³/mol. The molecule has 1 aliphatic rings. The molecule has 0 unspecified atom stereocenters. The van der Waals surface area contributed by atoms with Gasteiger partial charge in [-0.25, -0.2) is 0 Å². The second-order valence-corrected chi connectivity index (χ2v) is 8.49. The van der Waals surface area contributed by atoms with Gasteiger partial charge in [-0.05, 0) is 37.1 Å². The number of amides is 2. The standard InChI is InChI=1S/C24H26N2O6S/c1-31-17-11-16(12-18(13-17)32-2)25-22(27)14-33-19-9-7-15(8-10-19)26-23(28)20-5-3-4-6-21(20)24(29)30/h3-4,7-13,20-21H,5-6,14H2,1-2H3,(H,25,27)(H,26,28)(H,29,30)/t20-,21+/m0/s1. The molecule has 0 aromatic heterocycles. The molecule has 0 radical (unpaired) electrons. The van der Waals surface area contributed by atoms with Gasteiger partial charge in [0.15, 0.2) is 0 Å². The van der Waals surface area contributed by atoms with Crippen molar-refractivity contribution in [2.75, 3.05) is 30.6 Å². The summed E-state index contributed by atoms with van der Waals surface area (Å²) in [7, 11) is 3.08. The normalized spacial score (nSPS) is 17.2. The Morgan fingerprint density at radius 3 is 2.09 bits per heavy atom. The molecule has 0 aliphatic heterocycles. The summed E-state index contributed by atoms with van der Waals surface area (Å²) in [6, 6.07) is 12.2. The summed E-state index contributed by atoms with van der Waals surface area (Å²) in [5, 5.41) is 15.0. The lowest BCUT2D eigenvalue weighted by Crippen LogP contribution is -2.34. The Bertz CT molecular complexity index is 1020. The van der Waals surface area contributed by atoms with Crippen LogP contribution in [0.25, 0.3) is 0 Å². The number of carbonyl (C=O) groups excluding carboxylic acids is 2. The van der Waals surface area contributed by atoms with E-state index in [2.05, 4.69) is 10.6 Å². The van der Waals surface area contributed by atoms with Gasteiger partial charge in [0.2, 0.25) is 11.8 Å². The molecule has 2 aromatic rings. The van der Waals surface area contributed by atoms with E-state index in [1.807, 2.05) is 6.08 Å². The summed E-state index contributed by atoms with van der Waals surface area (Å²) < 4.78 is 10.4. The van der Waals surface area contributed by atoms with E-state index in [0.29, 0.717) is 35.7 Å². The van der Waals surface area contributed by atoms with Crippen LogP contribution >= 0.6 is 11.8 Å². The van der Waals surface area contributed by atoms with E-state index in [1.165, 1.54) is 11.8 Å². The van der Waals surface area contributed by atoms with Crippen LogP contribution in [-0.2, 0) is 14.4 Å². The van der Waals surface area contributed by atoms with E-state index in [4.69, 9.17) is 9.47 Å². The highest BCUT2D eigenvalue weighted by Gasteiger charge is 2.33. The molecule has 33 heavy (non-hydrogen) atoms. The fourth-order valence-corrected chi connectivity index (χ4v) is 4.17. The highest BCUT2D eigenvalue weighted by molar-refractivity contribution is 8.00. The molecule has 174 valence electrons. The molecule has 2 amide bonds. The molecule has 1 aliphatic carbocycles. The number of carboxylic acid groups (broad SMARTS) is 1. The minimum atomic E-state index is -0.961. The van der Waals surface area contributed by atoms with Gasteiger partial charge in [0.25, 0.3) is 0 Å². The number of thioether (sulfide) groups is 1. The zero-order valence-corrected chi connectivity index (χ0v) is 19.2. The number of aliphatic carboxylic acids is 1. The number of allylic oxidation sites excluding steroid dienone is 2. The van der Waals surface area contributed by atoms with Gasteiger partial charge in [-0.1, -0.05) is 12.2 Å². The summed E-state index contributed by atoms with van der Waals surface area (Å²) in [6.45, 7) is 0. The van der Waals surface area contributed by atoms with E-state index < -0.39 is 17.8 Å². The van der Waals surface area contributed by atoms with E-state index in [-0.39, 0.29) is 17.6 Å². The number of benzene rings is 2. The first-order valence-corrected chi connectivity index (χ1v) is 11.3. The molecule has 2 atom stereocenters. The Labute approximate surface area is 196 Å². The molecule has 3 rings (SSSR count). The smallest absolute Gasteiger partial charge is 0.307 e. The van der Waals surface area contributed by atoms with Crippen LogP contribution < -0.4 is 20.1 Å². The second-order valence-electron chi connectivity index (χ2n) is 7.45. The molecule has 8 nitrogen and oxygen atoms in total. The van der Waals surface area contributed by atoms with Gasteiger partial charge < -0.3 is 25.2 Å². The number of carboxylic acids is 1. The molecule has 0 fully saturated rings. The highest BCUT2D eigenvalue weighted by Crippen LogP contribution is 2.29. The summed E-state index contributed by atoms with van der Waals surface area (Å²) in [6.07, 6.45) is 4.41. The third-order valence-electron chi connectivity index (χ3n) is 5.21. The van der Waals surface area contributed by atoms with Crippen LogP contribution in [-0.4, -0.2) is 42.9 Å². The summed E-state index contributed by atoms with van der Waals surface area (Å²) >= 11 is 1.35. The molecule has 0 spiro atoms. The van der Waals surface area contributed by atoms with Crippen molar-refractivity contribution < 1.29 is 29.0 Å². The number of nitrogens with one attached hydrogen (secondary N) is 2. The van der Waals surface area contributed by atoms with Crippen LogP contribution in [0.1, 0.15) is 12.8 Å². The maximum absolute atomic E-state index is 12.6. The Morgan fingerprint density at radius 1 is 0.909 bits per heavy atom. The molecular weight excluding hydrogens is 444 g/mol. The fourth-order valence-electron chi connectivity index (χ4n) is 3.47. The van der Waals surface area contributed by atoms with Crippen molar-refractivity contribution in [1.82, 2.24) is 0 Å². The number of ether oxygens (including phenoxy) is 2. The fraction of sp³-hybridized carbons (Fsp3) is 0.292. The lowest BCUT2D eigenvalue weighted by molar-refractivity contribution is -0.146. The molecule has 0 bridgehead atoms. The van der Waals surface area contributed by atoms with Crippen LogP contribution in [0.4, 0.5) is 11.4 Å². The van der Waals surface area contributed by atoms with Crippen LogP contribution in [0.2, 0.25) is 0 Å². The monoisotopic (exact) mass is 470 g/mol. The minimum absolute atomic E-state index is 0.183. The average molecular weight is 471 g/mol. The third kappa shape index (κ3) is 6.76. The Kier molecular flexibility index (Phi) is 8.37. The summed E-state index contributed by atoms with van der Waals surface area (Å²) in [5.74, 6) is -1.41. The number of carbonyl (C=O) groups is 3. The van der Waals surface area contributed by atoms with Gasteiger partial charge in [0.1, 0.15) is 11.5 Å². The van der Waals surface area contributed by atoms with E-state index in [1.54, 1.807) is 62.8 Å². The van der Waals surface area contributed by atoms with Crippen molar-refractivity contribution in [1.29, 1.82) is 0 Å². The molecule has 2 aromatic carbocycles. The van der Waals surface area contributed by atoms with Crippen molar-refractivity contribution in [2.45, 2.75) is 17.7 Å². The van der Waals surface area contributed by atoms with Crippen molar-refractivity contribution in [3.05, 3.63) is 54.6 Å². The molecule has 0 heterocycles. The van der Waals surface area contributed by atoms with Crippen molar-refractivity contribution in [3.63, 3.8) is 0 Å². The van der Waals surface area contributed by atoms with Crippen LogP contribution in [0, 0.1) is 11.8 Å². The minimum Gasteiger partial charge on any atom is -0.497 e. The number of methoxy groups -OCH3 is 2. The van der Waals surface area contributed by atoms with Gasteiger partial charge in [0, 0.05) is 34.5 Å². The number of rotatable bonds is 9. The zero-order chi connectivity index (χ0) is 23.8. The van der Waals surface area contributed by atoms with Crippen molar-refractivity contribution in [3.8, 4) is 11.5 Å². The number of hydrogen-bond acceptors (Lipinski definition) is 6. The first-order valence-electron chi connectivity index (χ1n) is 10.3.